The van der Waals surface area contributed by atoms with Crippen LogP contribution >= 0.6 is 0 Å². The molecule has 4 amide bonds. The molecule has 0 unspecified atom stereocenters. The van der Waals surface area contributed by atoms with Crippen LogP contribution in [0.4, 0.5) is 31.7 Å². The number of carbonyl (C=O) groups is 3. The minimum atomic E-state index is -0.931. The SMILES string of the molecule is Cc1ccc(-n2nc(C(C)(C)C)cc2NC(=O)Nc2ccc(OCc3ccnc(NC(=O)OC(=O)N4CCOCC4)c3)c3ccccc23)cc1. The van der Waals surface area contributed by atoms with Crippen molar-refractivity contribution in [3.8, 4) is 11.4 Å². The Bertz CT molecular complexity index is 2010. The Morgan fingerprint density at radius 1 is 0.880 bits per heavy atom. The molecule has 6 rings (SSSR count). The number of nitrogens with one attached hydrogen (secondary N) is 3. The zero-order valence-electron chi connectivity index (χ0n) is 28.4. The molecule has 0 bridgehead atoms. The number of anilines is 3. The largest absolute Gasteiger partial charge is 0.488 e. The number of benzene rings is 3. The molecule has 50 heavy (non-hydrogen) atoms. The lowest BCUT2D eigenvalue weighted by molar-refractivity contribution is 0.0367. The first-order chi connectivity index (χ1) is 24.0. The molecule has 13 nitrogen and oxygen atoms in total. The third kappa shape index (κ3) is 8.18. The Balaban J connectivity index is 1.12. The zero-order chi connectivity index (χ0) is 35.3. The molecule has 0 spiro atoms. The molecule has 3 heterocycles. The molecule has 0 saturated carbocycles. The Hall–Kier alpha value is -5.95. The molecule has 13 heteroatoms. The molecule has 1 aliphatic rings. The van der Waals surface area contributed by atoms with E-state index in [1.54, 1.807) is 28.9 Å². The van der Waals surface area contributed by atoms with Gasteiger partial charge in [0.05, 0.1) is 30.3 Å². The van der Waals surface area contributed by atoms with Crippen molar-refractivity contribution in [3.63, 3.8) is 0 Å². The van der Waals surface area contributed by atoms with E-state index in [4.69, 9.17) is 19.3 Å². The first-order valence-corrected chi connectivity index (χ1v) is 16.2. The maximum absolute atomic E-state index is 13.4. The third-order valence-corrected chi connectivity index (χ3v) is 8.03. The smallest absolute Gasteiger partial charge is 0.421 e. The summed E-state index contributed by atoms with van der Waals surface area (Å²) in [6.45, 7) is 9.91. The number of morpholine rings is 1. The van der Waals surface area contributed by atoms with Gasteiger partial charge < -0.3 is 24.4 Å². The monoisotopic (exact) mass is 677 g/mol. The molecule has 258 valence electrons. The zero-order valence-corrected chi connectivity index (χ0v) is 28.4. The first-order valence-electron chi connectivity index (χ1n) is 16.2. The Labute approximate surface area is 289 Å². The number of amides is 4. The van der Waals surface area contributed by atoms with E-state index in [0.717, 1.165) is 33.3 Å². The quantitative estimate of drug-likeness (QED) is 0.153. The molecule has 0 aliphatic carbocycles. The summed E-state index contributed by atoms with van der Waals surface area (Å²) in [4.78, 5) is 43.5. The highest BCUT2D eigenvalue weighted by atomic mass is 16.6. The number of aromatic nitrogens is 3. The predicted molar refractivity (Wildman–Crippen MR) is 190 cm³/mol. The van der Waals surface area contributed by atoms with Gasteiger partial charge in [-0.3, -0.25) is 10.6 Å². The fourth-order valence-electron chi connectivity index (χ4n) is 5.31. The predicted octanol–water partition coefficient (Wildman–Crippen LogP) is 7.25. The number of ether oxygens (including phenoxy) is 3. The molecular formula is C37H39N7O6. The van der Waals surface area contributed by atoms with E-state index in [1.165, 1.54) is 11.1 Å². The summed E-state index contributed by atoms with van der Waals surface area (Å²) in [5.41, 5.74) is 3.91. The molecule has 1 saturated heterocycles. The summed E-state index contributed by atoms with van der Waals surface area (Å²) in [5.74, 6) is 1.35. The molecule has 1 fully saturated rings. The number of pyridine rings is 1. The molecule has 5 aromatic rings. The molecule has 0 atom stereocenters. The first kappa shape index (κ1) is 33.9. The molecule has 1 aliphatic heterocycles. The van der Waals surface area contributed by atoms with Crippen molar-refractivity contribution in [3.05, 3.63) is 102 Å². The van der Waals surface area contributed by atoms with Crippen molar-refractivity contribution in [2.24, 2.45) is 0 Å². The second-order valence-electron chi connectivity index (χ2n) is 12.9. The maximum atomic E-state index is 13.4. The fourth-order valence-corrected chi connectivity index (χ4v) is 5.31. The summed E-state index contributed by atoms with van der Waals surface area (Å²) in [5, 5.41) is 14.8. The molecule has 3 aromatic carbocycles. The van der Waals surface area contributed by atoms with Crippen molar-refractivity contribution in [1.29, 1.82) is 0 Å². The molecule has 0 radical (unpaired) electrons. The number of hydrogen-bond acceptors (Lipinski definition) is 8. The Morgan fingerprint density at radius 3 is 2.36 bits per heavy atom. The summed E-state index contributed by atoms with van der Waals surface area (Å²) in [6, 6.07) is 24.0. The van der Waals surface area contributed by atoms with Gasteiger partial charge >= 0.3 is 18.2 Å². The molecular weight excluding hydrogens is 638 g/mol. The number of carbonyl (C=O) groups excluding carboxylic acids is 3. The van der Waals surface area contributed by atoms with Crippen LogP contribution in [0.1, 0.15) is 37.6 Å². The Kier molecular flexibility index (Phi) is 9.95. The van der Waals surface area contributed by atoms with Crippen LogP contribution in [0.25, 0.3) is 16.5 Å². The number of rotatable bonds is 7. The lowest BCUT2D eigenvalue weighted by Crippen LogP contribution is -2.42. The second kappa shape index (κ2) is 14.7. The molecule has 2 aromatic heterocycles. The van der Waals surface area contributed by atoms with Crippen LogP contribution in [0.2, 0.25) is 0 Å². The number of fused-ring (bicyclic) bond motifs is 1. The highest BCUT2D eigenvalue weighted by Gasteiger charge is 2.23. The van der Waals surface area contributed by atoms with E-state index in [-0.39, 0.29) is 17.8 Å². The number of hydrogen-bond donors (Lipinski definition) is 3. The average Bonchev–Trinajstić information content (AvgIpc) is 3.53. The highest BCUT2D eigenvalue weighted by Crippen LogP contribution is 2.33. The summed E-state index contributed by atoms with van der Waals surface area (Å²) in [6.07, 6.45) is -0.146. The van der Waals surface area contributed by atoms with Gasteiger partial charge in [-0.2, -0.15) is 5.10 Å². The number of nitrogens with zero attached hydrogens (tertiary/aromatic N) is 4. The van der Waals surface area contributed by atoms with Crippen molar-refractivity contribution >= 4 is 46.3 Å². The van der Waals surface area contributed by atoms with E-state index >= 15 is 0 Å². The van der Waals surface area contributed by atoms with Crippen LogP contribution in [0.3, 0.4) is 0 Å². The van der Waals surface area contributed by atoms with Gasteiger partial charge in [0.15, 0.2) is 0 Å². The summed E-state index contributed by atoms with van der Waals surface area (Å²) < 4.78 is 18.0. The van der Waals surface area contributed by atoms with Crippen LogP contribution in [0.5, 0.6) is 5.75 Å². The van der Waals surface area contributed by atoms with Gasteiger partial charge in [-0.15, -0.1) is 0 Å². The van der Waals surface area contributed by atoms with Crippen molar-refractivity contribution < 1.29 is 28.6 Å². The average molecular weight is 678 g/mol. The molecule has 3 N–H and O–H groups in total. The topological polar surface area (TPSA) is 149 Å². The number of aryl methyl sites for hydroxylation is 1. The normalized spacial score (nSPS) is 13.1. The van der Waals surface area contributed by atoms with Gasteiger partial charge in [0.25, 0.3) is 0 Å². The van der Waals surface area contributed by atoms with Crippen LogP contribution in [-0.4, -0.2) is 64.2 Å². The van der Waals surface area contributed by atoms with Gasteiger partial charge in [-0.05, 0) is 48.9 Å². The van der Waals surface area contributed by atoms with E-state index in [2.05, 4.69) is 41.7 Å². The van der Waals surface area contributed by atoms with Crippen LogP contribution in [-0.2, 0) is 21.5 Å². The van der Waals surface area contributed by atoms with Gasteiger partial charge in [0.1, 0.15) is 24.0 Å². The van der Waals surface area contributed by atoms with Gasteiger partial charge in [0, 0.05) is 41.5 Å². The third-order valence-electron chi connectivity index (χ3n) is 8.03. The van der Waals surface area contributed by atoms with Gasteiger partial charge in [0.2, 0.25) is 0 Å². The lowest BCUT2D eigenvalue weighted by Gasteiger charge is -2.25. The fraction of sp³-hybridized carbons (Fsp3) is 0.270. The minimum Gasteiger partial charge on any atom is -0.488 e. The summed E-state index contributed by atoms with van der Waals surface area (Å²) >= 11 is 0. The van der Waals surface area contributed by atoms with E-state index < -0.39 is 18.2 Å². The van der Waals surface area contributed by atoms with E-state index in [1.807, 2.05) is 61.5 Å². The minimum absolute atomic E-state index is 0.162. The van der Waals surface area contributed by atoms with E-state index in [0.29, 0.717) is 43.6 Å². The Morgan fingerprint density at radius 2 is 1.62 bits per heavy atom. The van der Waals surface area contributed by atoms with Crippen molar-refractivity contribution in [2.45, 2.75) is 39.7 Å². The van der Waals surface area contributed by atoms with E-state index in [9.17, 15) is 14.4 Å². The number of urea groups is 1. The van der Waals surface area contributed by atoms with Crippen LogP contribution < -0.4 is 20.7 Å². The standard InChI is InChI=1S/C37H39N7O6/c1-24-9-11-26(12-10-24)44-33(22-31(42-44)37(2,3)4)41-34(45)39-29-13-14-30(28-8-6-5-7-27(28)29)49-23-25-15-16-38-32(21-25)40-35(46)50-36(47)43-17-19-48-20-18-43/h5-16,21-22H,17-20,23H2,1-4H3,(H,38,40,46)(H2,39,41,45). The van der Waals surface area contributed by atoms with Gasteiger partial charge in [-0.25, -0.2) is 24.0 Å². The van der Waals surface area contributed by atoms with Gasteiger partial charge in [-0.1, -0.05) is 62.7 Å². The lowest BCUT2D eigenvalue weighted by atomic mass is 9.92. The van der Waals surface area contributed by atoms with Crippen molar-refractivity contribution in [2.75, 3.05) is 42.3 Å². The summed E-state index contributed by atoms with van der Waals surface area (Å²) in [7, 11) is 0. The van der Waals surface area contributed by atoms with Crippen LogP contribution in [0, 0.1) is 6.92 Å². The highest BCUT2D eigenvalue weighted by molar-refractivity contribution is 6.07. The van der Waals surface area contributed by atoms with Crippen LogP contribution in [0.15, 0.2) is 85.1 Å². The second-order valence-corrected chi connectivity index (χ2v) is 12.9. The maximum Gasteiger partial charge on any atom is 0.421 e. The van der Waals surface area contributed by atoms with Crippen molar-refractivity contribution in [1.82, 2.24) is 19.7 Å².